The third-order valence-electron chi connectivity index (χ3n) is 3.20. The van der Waals surface area contributed by atoms with Crippen molar-refractivity contribution in [3.63, 3.8) is 0 Å². The van der Waals surface area contributed by atoms with Crippen molar-refractivity contribution < 1.29 is 4.74 Å². The highest BCUT2D eigenvalue weighted by atomic mass is 16.5. The van der Waals surface area contributed by atoms with Crippen LogP contribution in [0.25, 0.3) is 0 Å². The van der Waals surface area contributed by atoms with Crippen molar-refractivity contribution in [2.75, 3.05) is 12.4 Å². The van der Waals surface area contributed by atoms with Crippen LogP contribution in [0.15, 0.2) is 30.5 Å². The zero-order chi connectivity index (χ0) is 14.5. The largest absolute Gasteiger partial charge is 0.381 e. The predicted octanol–water partition coefficient (Wildman–Crippen LogP) is 3.30. The first-order chi connectivity index (χ1) is 9.60. The molecule has 1 N–H and O–H groups in total. The van der Waals surface area contributed by atoms with Gasteiger partial charge in [-0.3, -0.25) is 4.68 Å². The fourth-order valence-corrected chi connectivity index (χ4v) is 2.31. The number of ether oxygens (including phenoxy) is 1. The molecule has 0 aliphatic rings. The molecule has 4 nitrogen and oxygen atoms in total. The van der Waals surface area contributed by atoms with E-state index in [0.717, 1.165) is 17.9 Å². The van der Waals surface area contributed by atoms with Crippen LogP contribution in [0.5, 0.6) is 0 Å². The molecule has 1 heterocycles. The summed E-state index contributed by atoms with van der Waals surface area (Å²) in [6.07, 6.45) is 2.08. The predicted molar refractivity (Wildman–Crippen MR) is 81.8 cm³/mol. The topological polar surface area (TPSA) is 39.1 Å². The summed E-state index contributed by atoms with van der Waals surface area (Å²) in [7, 11) is 3.68. The number of hydrogen-bond acceptors (Lipinski definition) is 3. The monoisotopic (exact) mass is 273 g/mol. The third-order valence-corrected chi connectivity index (χ3v) is 3.20. The Hall–Kier alpha value is -1.81. The van der Waals surface area contributed by atoms with Crippen LogP contribution in [0.1, 0.15) is 36.6 Å². The van der Waals surface area contributed by atoms with Gasteiger partial charge in [0.2, 0.25) is 0 Å². The van der Waals surface area contributed by atoms with E-state index in [0.29, 0.717) is 12.5 Å². The molecule has 2 rings (SSSR count). The van der Waals surface area contributed by atoms with E-state index in [1.807, 2.05) is 17.8 Å². The smallest absolute Gasteiger partial charge is 0.0713 e. The highest BCUT2D eigenvalue weighted by Crippen LogP contribution is 2.19. The number of nitrogens with one attached hydrogen (secondary N) is 1. The molecule has 0 atom stereocenters. The average molecular weight is 273 g/mol. The van der Waals surface area contributed by atoms with Crippen molar-refractivity contribution in [2.45, 2.75) is 32.9 Å². The number of aromatic nitrogens is 2. The second-order valence-corrected chi connectivity index (χ2v) is 5.35. The highest BCUT2D eigenvalue weighted by molar-refractivity contribution is 5.46. The minimum atomic E-state index is 0.438. The van der Waals surface area contributed by atoms with Crippen molar-refractivity contribution in [3.8, 4) is 0 Å². The van der Waals surface area contributed by atoms with Gasteiger partial charge in [0.25, 0.3) is 0 Å². The maximum atomic E-state index is 5.16. The maximum absolute atomic E-state index is 5.16. The Kier molecular flexibility index (Phi) is 4.79. The van der Waals surface area contributed by atoms with Crippen molar-refractivity contribution in [1.82, 2.24) is 9.78 Å². The van der Waals surface area contributed by atoms with E-state index >= 15 is 0 Å². The number of hydrogen-bond donors (Lipinski definition) is 1. The van der Waals surface area contributed by atoms with Gasteiger partial charge < -0.3 is 10.1 Å². The summed E-state index contributed by atoms with van der Waals surface area (Å²) in [5.74, 6) is 0.438. The highest BCUT2D eigenvalue weighted by Gasteiger charge is 2.10. The van der Waals surface area contributed by atoms with E-state index in [-0.39, 0.29) is 0 Å². The first-order valence-electron chi connectivity index (χ1n) is 6.94. The van der Waals surface area contributed by atoms with Gasteiger partial charge in [-0.05, 0) is 23.6 Å². The molecule has 0 radical (unpaired) electrons. The van der Waals surface area contributed by atoms with Crippen LogP contribution in [0.4, 0.5) is 5.69 Å². The first kappa shape index (κ1) is 14.6. The van der Waals surface area contributed by atoms with Crippen LogP contribution in [0.3, 0.4) is 0 Å². The summed E-state index contributed by atoms with van der Waals surface area (Å²) in [6.45, 7) is 5.77. The molecule has 1 aromatic heterocycles. The van der Waals surface area contributed by atoms with Gasteiger partial charge in [-0.2, -0.15) is 5.10 Å². The molecule has 4 heteroatoms. The molecule has 20 heavy (non-hydrogen) atoms. The number of methoxy groups -OCH3 is 1. The molecular weight excluding hydrogens is 250 g/mol. The molecule has 0 spiro atoms. The fraction of sp³-hybridized carbons (Fsp3) is 0.438. The second kappa shape index (κ2) is 6.57. The molecule has 0 aliphatic heterocycles. The van der Waals surface area contributed by atoms with E-state index in [1.165, 1.54) is 11.1 Å². The van der Waals surface area contributed by atoms with E-state index in [1.54, 1.807) is 7.11 Å². The molecule has 108 valence electrons. The lowest BCUT2D eigenvalue weighted by atomic mass is 10.1. The fourth-order valence-electron chi connectivity index (χ4n) is 2.31. The van der Waals surface area contributed by atoms with Crippen LogP contribution < -0.4 is 5.32 Å². The van der Waals surface area contributed by atoms with Crippen molar-refractivity contribution >= 4 is 5.69 Å². The summed E-state index contributed by atoms with van der Waals surface area (Å²) >= 11 is 0. The SMILES string of the molecule is COCc1cccc(NCc2cn(C)nc2C(C)C)c1. The molecule has 0 unspecified atom stereocenters. The quantitative estimate of drug-likeness (QED) is 0.877. The molecule has 0 saturated carbocycles. The van der Waals surface area contributed by atoms with Crippen molar-refractivity contribution in [3.05, 3.63) is 47.3 Å². The maximum Gasteiger partial charge on any atom is 0.0713 e. The Morgan fingerprint density at radius 3 is 2.85 bits per heavy atom. The van der Waals surface area contributed by atoms with Gasteiger partial charge in [-0.1, -0.05) is 26.0 Å². The lowest BCUT2D eigenvalue weighted by molar-refractivity contribution is 0.185. The minimum absolute atomic E-state index is 0.438. The van der Waals surface area contributed by atoms with E-state index in [9.17, 15) is 0 Å². The van der Waals surface area contributed by atoms with E-state index in [2.05, 4.69) is 48.7 Å². The zero-order valence-corrected chi connectivity index (χ0v) is 12.7. The summed E-state index contributed by atoms with van der Waals surface area (Å²) in [5, 5.41) is 7.99. The number of nitrogens with zero attached hydrogens (tertiary/aromatic N) is 2. The molecule has 0 saturated heterocycles. The number of aryl methyl sites for hydroxylation is 1. The molecule has 2 aromatic rings. The van der Waals surface area contributed by atoms with Gasteiger partial charge in [0.15, 0.2) is 0 Å². The number of rotatable bonds is 6. The first-order valence-corrected chi connectivity index (χ1v) is 6.94. The van der Waals surface area contributed by atoms with Crippen LogP contribution in [0.2, 0.25) is 0 Å². The third kappa shape index (κ3) is 3.61. The van der Waals surface area contributed by atoms with Crippen LogP contribution in [0, 0.1) is 0 Å². The zero-order valence-electron chi connectivity index (χ0n) is 12.7. The van der Waals surface area contributed by atoms with Crippen LogP contribution in [-0.4, -0.2) is 16.9 Å². The van der Waals surface area contributed by atoms with Gasteiger partial charge in [-0.15, -0.1) is 0 Å². The molecule has 0 bridgehead atoms. The Morgan fingerprint density at radius 2 is 2.15 bits per heavy atom. The number of anilines is 1. The summed E-state index contributed by atoms with van der Waals surface area (Å²) in [5.41, 5.74) is 4.69. The van der Waals surface area contributed by atoms with Gasteiger partial charge >= 0.3 is 0 Å². The summed E-state index contributed by atoms with van der Waals surface area (Å²) < 4.78 is 7.04. The Bertz CT molecular complexity index is 561. The Morgan fingerprint density at radius 1 is 1.35 bits per heavy atom. The molecular formula is C16H23N3O. The van der Waals surface area contributed by atoms with Gasteiger partial charge in [0, 0.05) is 38.1 Å². The van der Waals surface area contributed by atoms with Crippen LogP contribution >= 0.6 is 0 Å². The molecule has 1 aromatic carbocycles. The average Bonchev–Trinajstić information content (AvgIpc) is 2.79. The lowest BCUT2D eigenvalue weighted by Crippen LogP contribution is -2.03. The standard InChI is InChI=1S/C16H23N3O/c1-12(2)16-14(10-19(3)18-16)9-17-15-7-5-6-13(8-15)11-20-4/h5-8,10,12,17H,9,11H2,1-4H3. The minimum Gasteiger partial charge on any atom is -0.381 e. The molecule has 0 aliphatic carbocycles. The second-order valence-electron chi connectivity index (χ2n) is 5.35. The van der Waals surface area contributed by atoms with Crippen molar-refractivity contribution in [2.24, 2.45) is 7.05 Å². The van der Waals surface area contributed by atoms with E-state index in [4.69, 9.17) is 4.74 Å². The Balaban J connectivity index is 2.06. The van der Waals surface area contributed by atoms with Crippen LogP contribution in [-0.2, 0) is 24.9 Å². The summed E-state index contributed by atoms with van der Waals surface area (Å²) in [4.78, 5) is 0. The Labute approximate surface area is 120 Å². The van der Waals surface area contributed by atoms with E-state index < -0.39 is 0 Å². The molecule has 0 fully saturated rings. The van der Waals surface area contributed by atoms with Gasteiger partial charge in [-0.25, -0.2) is 0 Å². The molecule has 0 amide bonds. The lowest BCUT2D eigenvalue weighted by Gasteiger charge is -2.09. The van der Waals surface area contributed by atoms with Crippen molar-refractivity contribution in [1.29, 1.82) is 0 Å². The van der Waals surface area contributed by atoms with Gasteiger partial charge in [0.05, 0.1) is 12.3 Å². The number of benzene rings is 1. The summed E-state index contributed by atoms with van der Waals surface area (Å²) in [6, 6.07) is 8.31. The normalized spacial score (nSPS) is 11.1. The van der Waals surface area contributed by atoms with Gasteiger partial charge in [0.1, 0.15) is 0 Å².